The molecule has 134 valence electrons. The van der Waals surface area contributed by atoms with Crippen molar-refractivity contribution >= 4 is 0 Å². The van der Waals surface area contributed by atoms with Crippen molar-refractivity contribution in [3.8, 4) is 5.75 Å². The van der Waals surface area contributed by atoms with Gasteiger partial charge in [-0.25, -0.2) is 0 Å². The molecule has 0 bridgehead atoms. The first-order chi connectivity index (χ1) is 11.4. The summed E-state index contributed by atoms with van der Waals surface area (Å²) in [6.07, 6.45) is 4.86. The van der Waals surface area contributed by atoms with Crippen LogP contribution >= 0.6 is 0 Å². The largest absolute Gasteiger partial charge is 0.491 e. The molecule has 24 heavy (non-hydrogen) atoms. The molecule has 0 radical (unpaired) electrons. The van der Waals surface area contributed by atoms with E-state index in [1.54, 1.807) is 0 Å². The minimum Gasteiger partial charge on any atom is -0.491 e. The summed E-state index contributed by atoms with van der Waals surface area (Å²) in [6.45, 7) is 11.3. The lowest BCUT2D eigenvalue weighted by atomic mass is 9.82. The van der Waals surface area contributed by atoms with Gasteiger partial charge in [0.25, 0.3) is 0 Å². The predicted octanol–water partition coefficient (Wildman–Crippen LogP) is 3.98. The molecule has 1 aromatic carbocycles. The molecular weight excluding hydrogens is 302 g/mol. The number of rotatable bonds is 7. The van der Waals surface area contributed by atoms with Gasteiger partial charge in [-0.05, 0) is 71.1 Å². The van der Waals surface area contributed by atoms with Gasteiger partial charge in [0.2, 0.25) is 0 Å². The van der Waals surface area contributed by atoms with Gasteiger partial charge in [0.05, 0.1) is 13.2 Å². The highest BCUT2D eigenvalue weighted by Crippen LogP contribution is 2.38. The predicted molar refractivity (Wildman–Crippen MR) is 95.2 cm³/mol. The molecule has 1 unspecified atom stereocenters. The molecule has 2 aliphatic heterocycles. The first-order valence-electron chi connectivity index (χ1n) is 9.13. The van der Waals surface area contributed by atoms with Crippen LogP contribution in [0.25, 0.3) is 0 Å². The van der Waals surface area contributed by atoms with E-state index in [1.165, 1.54) is 24.8 Å². The molecule has 2 aliphatic rings. The molecule has 0 saturated carbocycles. The third kappa shape index (κ3) is 4.50. The summed E-state index contributed by atoms with van der Waals surface area (Å²) in [7, 11) is 0. The lowest BCUT2D eigenvalue weighted by Crippen LogP contribution is -2.58. The highest BCUT2D eigenvalue weighted by atomic mass is 16.7. The fourth-order valence-corrected chi connectivity index (χ4v) is 3.69. The normalized spacial score (nSPS) is 25.4. The number of epoxide rings is 1. The number of hydrogen-bond acceptors (Lipinski definition) is 4. The molecular formula is C20H31NO3. The van der Waals surface area contributed by atoms with E-state index in [4.69, 9.17) is 14.3 Å². The molecule has 0 spiro atoms. The first kappa shape index (κ1) is 17.7. The maximum Gasteiger partial charge on any atom is 0.119 e. The maximum absolute atomic E-state index is 6.22. The third-order valence-electron chi connectivity index (χ3n) is 5.05. The second-order valence-corrected chi connectivity index (χ2v) is 8.27. The van der Waals surface area contributed by atoms with Crippen molar-refractivity contribution in [1.29, 1.82) is 0 Å². The number of hydrogen-bond donors (Lipinski definition) is 0. The van der Waals surface area contributed by atoms with Crippen LogP contribution in [0, 0.1) is 0 Å². The Kier molecular flexibility index (Phi) is 5.19. The quantitative estimate of drug-likeness (QED) is 0.707. The second-order valence-electron chi connectivity index (χ2n) is 8.27. The Bertz CT molecular complexity index is 518. The molecule has 0 aliphatic carbocycles. The Hall–Kier alpha value is -1.10. The highest BCUT2D eigenvalue weighted by molar-refractivity contribution is 5.27. The van der Waals surface area contributed by atoms with Crippen LogP contribution in [0.2, 0.25) is 0 Å². The van der Waals surface area contributed by atoms with Crippen LogP contribution in [-0.2, 0) is 16.0 Å². The minimum absolute atomic E-state index is 0.102. The summed E-state index contributed by atoms with van der Waals surface area (Å²) in [4.78, 5) is 6.22. The molecule has 2 fully saturated rings. The summed E-state index contributed by atoms with van der Waals surface area (Å²) < 4.78 is 10.8. The van der Waals surface area contributed by atoms with E-state index in [0.717, 1.165) is 18.8 Å². The SMILES string of the molecule is CC1(C)CCCC(C)(C)N1OCCc1ccc(OCC2CO2)cc1. The van der Waals surface area contributed by atoms with Crippen molar-refractivity contribution in [1.82, 2.24) is 5.06 Å². The van der Waals surface area contributed by atoms with Gasteiger partial charge in [0, 0.05) is 11.1 Å². The fraction of sp³-hybridized carbons (Fsp3) is 0.700. The molecule has 2 heterocycles. The average Bonchev–Trinajstić information content (AvgIpc) is 3.33. The molecule has 3 rings (SSSR count). The zero-order chi connectivity index (χ0) is 17.2. The number of ether oxygens (including phenoxy) is 2. The van der Waals surface area contributed by atoms with E-state index >= 15 is 0 Å². The van der Waals surface area contributed by atoms with E-state index in [0.29, 0.717) is 19.3 Å². The molecule has 4 heteroatoms. The summed E-state index contributed by atoms with van der Waals surface area (Å²) in [5.41, 5.74) is 1.48. The Morgan fingerprint density at radius 3 is 2.29 bits per heavy atom. The molecule has 4 nitrogen and oxygen atoms in total. The summed E-state index contributed by atoms with van der Waals surface area (Å²) in [5, 5.41) is 2.23. The summed E-state index contributed by atoms with van der Waals surface area (Å²) in [5.74, 6) is 0.911. The Balaban J connectivity index is 1.48. The average molecular weight is 333 g/mol. The third-order valence-corrected chi connectivity index (χ3v) is 5.05. The van der Waals surface area contributed by atoms with Crippen LogP contribution in [0.4, 0.5) is 0 Å². The highest BCUT2D eigenvalue weighted by Gasteiger charge is 2.42. The molecule has 1 atom stereocenters. The zero-order valence-corrected chi connectivity index (χ0v) is 15.5. The van der Waals surface area contributed by atoms with Gasteiger partial charge in [0.15, 0.2) is 0 Å². The summed E-state index contributed by atoms with van der Waals surface area (Å²) in [6, 6.07) is 8.32. The topological polar surface area (TPSA) is 34.2 Å². The van der Waals surface area contributed by atoms with Crippen molar-refractivity contribution in [2.24, 2.45) is 0 Å². The fourth-order valence-electron chi connectivity index (χ4n) is 3.69. The monoisotopic (exact) mass is 333 g/mol. The van der Waals surface area contributed by atoms with E-state index in [9.17, 15) is 0 Å². The van der Waals surface area contributed by atoms with Gasteiger partial charge in [-0.15, -0.1) is 0 Å². The molecule has 1 aromatic rings. The Labute approximate surface area is 146 Å². The zero-order valence-electron chi connectivity index (χ0n) is 15.5. The first-order valence-corrected chi connectivity index (χ1v) is 9.13. The lowest BCUT2D eigenvalue weighted by Gasteiger charge is -2.51. The van der Waals surface area contributed by atoms with Crippen LogP contribution in [-0.4, -0.2) is 42.1 Å². The van der Waals surface area contributed by atoms with Crippen molar-refractivity contribution < 1.29 is 14.3 Å². The molecule has 0 amide bonds. The Morgan fingerprint density at radius 1 is 1.08 bits per heavy atom. The van der Waals surface area contributed by atoms with E-state index in [1.807, 2.05) is 12.1 Å². The minimum atomic E-state index is 0.102. The van der Waals surface area contributed by atoms with E-state index < -0.39 is 0 Å². The van der Waals surface area contributed by atoms with Crippen molar-refractivity contribution in [3.63, 3.8) is 0 Å². The Morgan fingerprint density at radius 2 is 1.71 bits per heavy atom. The van der Waals surface area contributed by atoms with Gasteiger partial charge in [-0.1, -0.05) is 12.1 Å². The molecule has 0 aromatic heterocycles. The van der Waals surface area contributed by atoms with Crippen molar-refractivity contribution in [2.75, 3.05) is 19.8 Å². The van der Waals surface area contributed by atoms with Crippen molar-refractivity contribution in [2.45, 2.75) is 70.6 Å². The van der Waals surface area contributed by atoms with Gasteiger partial charge in [0.1, 0.15) is 18.5 Å². The van der Waals surface area contributed by atoms with Gasteiger partial charge >= 0.3 is 0 Å². The van der Waals surface area contributed by atoms with Gasteiger partial charge < -0.3 is 9.47 Å². The smallest absolute Gasteiger partial charge is 0.119 e. The lowest BCUT2D eigenvalue weighted by molar-refractivity contribution is -0.280. The standard InChI is InChI=1S/C20H31NO3/c1-19(2)11-5-12-20(3,4)21(19)24-13-10-16-6-8-17(9-7-16)22-14-18-15-23-18/h6-9,18H,5,10-15H2,1-4H3. The number of hydroxylamine groups is 2. The van der Waals surface area contributed by atoms with Gasteiger partial charge in [-0.3, -0.25) is 4.84 Å². The molecule has 0 N–H and O–H groups in total. The van der Waals surface area contributed by atoms with Crippen LogP contribution in [0.5, 0.6) is 5.75 Å². The number of benzene rings is 1. The van der Waals surface area contributed by atoms with E-state index in [-0.39, 0.29) is 11.1 Å². The summed E-state index contributed by atoms with van der Waals surface area (Å²) >= 11 is 0. The van der Waals surface area contributed by atoms with Crippen LogP contribution in [0.3, 0.4) is 0 Å². The van der Waals surface area contributed by atoms with Crippen molar-refractivity contribution in [3.05, 3.63) is 29.8 Å². The van der Waals surface area contributed by atoms with E-state index in [2.05, 4.69) is 44.9 Å². The van der Waals surface area contributed by atoms with Gasteiger partial charge in [-0.2, -0.15) is 5.06 Å². The number of piperidine rings is 1. The molecule has 2 saturated heterocycles. The second kappa shape index (κ2) is 7.03. The van der Waals surface area contributed by atoms with Crippen LogP contribution in [0.15, 0.2) is 24.3 Å². The van der Waals surface area contributed by atoms with Crippen LogP contribution < -0.4 is 4.74 Å². The maximum atomic E-state index is 6.22. The number of nitrogens with zero attached hydrogens (tertiary/aromatic N) is 1. The van der Waals surface area contributed by atoms with Crippen LogP contribution in [0.1, 0.15) is 52.5 Å².